The highest BCUT2D eigenvalue weighted by Gasteiger charge is 2.20. The van der Waals surface area contributed by atoms with Crippen molar-refractivity contribution in [1.29, 1.82) is 0 Å². The molecule has 0 aromatic rings. The third-order valence-electron chi connectivity index (χ3n) is 3.98. The first-order valence-corrected chi connectivity index (χ1v) is 11.8. The van der Waals surface area contributed by atoms with Crippen LogP contribution in [0.25, 0.3) is 0 Å². The molecule has 0 atom stereocenters. The molecule has 0 nitrogen and oxygen atoms in total. The Morgan fingerprint density at radius 3 is 0.958 bits per heavy atom. The second-order valence-corrected chi connectivity index (χ2v) is 9.20. The number of rotatable bonds is 15. The van der Waals surface area contributed by atoms with E-state index in [2.05, 4.69) is 20.8 Å². The van der Waals surface area contributed by atoms with Crippen LogP contribution in [0, 0.1) is 0 Å². The summed E-state index contributed by atoms with van der Waals surface area (Å²) in [6.45, 7) is 6.95. The zero-order valence-electron chi connectivity index (χ0n) is 16.1. The fourth-order valence-electron chi connectivity index (χ4n) is 2.62. The molecule has 0 spiro atoms. The average Bonchev–Trinajstić information content (AvgIpc) is 2.49. The van der Waals surface area contributed by atoms with Crippen molar-refractivity contribution in [2.45, 2.75) is 97.8 Å². The molecule has 0 aliphatic carbocycles. The van der Waals surface area contributed by atoms with Crippen LogP contribution < -0.4 is 0 Å². The lowest BCUT2D eigenvalue weighted by molar-refractivity contribution is 0.368. The fraction of sp³-hybridized carbons (Fsp3) is 1.00. The third-order valence-corrected chi connectivity index (χ3v) is 6.83. The molecule has 0 aromatic heterocycles. The maximum absolute atomic E-state index is 9.75. The molecular formula is C18H39BF4P-. The first-order chi connectivity index (χ1) is 11.3. The second kappa shape index (κ2) is 19.5. The van der Waals surface area contributed by atoms with Gasteiger partial charge in [0, 0.05) is 0 Å². The normalized spacial score (nSPS) is 11.5. The molecule has 0 amide bonds. The lowest BCUT2D eigenvalue weighted by Gasteiger charge is -2.17. The number of halogens is 4. The van der Waals surface area contributed by atoms with Gasteiger partial charge in [0.2, 0.25) is 0 Å². The van der Waals surface area contributed by atoms with Crippen LogP contribution in [0.5, 0.6) is 0 Å². The van der Waals surface area contributed by atoms with Gasteiger partial charge in [0.05, 0.1) is 0 Å². The Balaban J connectivity index is 0. The first kappa shape index (κ1) is 26.4. The molecule has 0 heterocycles. The highest BCUT2D eigenvalue weighted by atomic mass is 31.1. The molecule has 148 valence electrons. The Morgan fingerprint density at radius 1 is 0.500 bits per heavy atom. The Hall–Kier alpha value is 0.215. The SMILES string of the molecule is CCCCCCP(CCCCCC)CCCCCC.F[B-](F)(F)F. The van der Waals surface area contributed by atoms with E-state index in [-0.39, 0.29) is 0 Å². The van der Waals surface area contributed by atoms with E-state index >= 15 is 0 Å². The highest BCUT2D eigenvalue weighted by Crippen LogP contribution is 2.39. The van der Waals surface area contributed by atoms with Gasteiger partial charge in [-0.25, -0.2) is 0 Å². The van der Waals surface area contributed by atoms with Crippen molar-refractivity contribution < 1.29 is 17.3 Å². The van der Waals surface area contributed by atoms with Gasteiger partial charge in [0.25, 0.3) is 0 Å². The summed E-state index contributed by atoms with van der Waals surface area (Å²) >= 11 is 0. The summed E-state index contributed by atoms with van der Waals surface area (Å²) in [5.41, 5.74) is 0. The smallest absolute Gasteiger partial charge is 0.418 e. The first-order valence-electron chi connectivity index (χ1n) is 9.94. The summed E-state index contributed by atoms with van der Waals surface area (Å²) < 4.78 is 39.0. The van der Waals surface area contributed by atoms with Gasteiger partial charge in [0.15, 0.2) is 0 Å². The van der Waals surface area contributed by atoms with Gasteiger partial charge < -0.3 is 17.3 Å². The minimum absolute atomic E-state index is 0.389. The summed E-state index contributed by atoms with van der Waals surface area (Å²) in [7, 11) is -5.61. The molecule has 0 unspecified atom stereocenters. The molecular weight excluding hydrogens is 334 g/mol. The predicted molar refractivity (Wildman–Crippen MR) is 104 cm³/mol. The summed E-state index contributed by atoms with van der Waals surface area (Å²) in [5, 5.41) is 0. The summed E-state index contributed by atoms with van der Waals surface area (Å²) in [5.74, 6) is 0. The van der Waals surface area contributed by atoms with Crippen molar-refractivity contribution in [2.75, 3.05) is 18.5 Å². The van der Waals surface area contributed by atoms with E-state index in [0.29, 0.717) is 7.92 Å². The van der Waals surface area contributed by atoms with Gasteiger partial charge in [-0.2, -0.15) is 0 Å². The second-order valence-electron chi connectivity index (χ2n) is 6.52. The lowest BCUT2D eigenvalue weighted by Crippen LogP contribution is -2.02. The highest BCUT2D eigenvalue weighted by molar-refractivity contribution is 7.57. The van der Waals surface area contributed by atoms with Crippen molar-refractivity contribution >= 4 is 15.2 Å². The maximum Gasteiger partial charge on any atom is 0.673 e. The Labute approximate surface area is 149 Å². The summed E-state index contributed by atoms with van der Waals surface area (Å²) in [4.78, 5) is 0. The largest absolute Gasteiger partial charge is 0.673 e. The molecule has 0 rings (SSSR count). The van der Waals surface area contributed by atoms with Gasteiger partial charge in [-0.15, -0.1) is 7.92 Å². The van der Waals surface area contributed by atoms with E-state index in [4.69, 9.17) is 0 Å². The van der Waals surface area contributed by atoms with E-state index < -0.39 is 7.25 Å². The Kier molecular flexibility index (Phi) is 21.5. The number of unbranched alkanes of at least 4 members (excludes halogenated alkanes) is 9. The van der Waals surface area contributed by atoms with E-state index in [1.807, 2.05) is 0 Å². The van der Waals surface area contributed by atoms with Crippen molar-refractivity contribution in [2.24, 2.45) is 0 Å². The van der Waals surface area contributed by atoms with Crippen LogP contribution in [0.4, 0.5) is 17.3 Å². The molecule has 0 fully saturated rings. The molecule has 0 N–H and O–H groups in total. The quantitative estimate of drug-likeness (QED) is 0.117. The minimum atomic E-state index is -6.00. The van der Waals surface area contributed by atoms with Gasteiger partial charge in [-0.1, -0.05) is 78.6 Å². The van der Waals surface area contributed by atoms with Crippen molar-refractivity contribution in [3.8, 4) is 0 Å². The third kappa shape index (κ3) is 30.1. The zero-order chi connectivity index (χ0) is 18.7. The topological polar surface area (TPSA) is 0 Å². The summed E-state index contributed by atoms with van der Waals surface area (Å²) in [6.07, 6.45) is 22.2. The van der Waals surface area contributed by atoms with Crippen molar-refractivity contribution in [3.63, 3.8) is 0 Å². The molecule has 0 radical (unpaired) electrons. The molecule has 24 heavy (non-hydrogen) atoms. The fourth-order valence-corrected chi connectivity index (χ4v) is 5.31. The van der Waals surface area contributed by atoms with Crippen molar-refractivity contribution in [1.82, 2.24) is 0 Å². The molecule has 0 aliphatic rings. The van der Waals surface area contributed by atoms with Crippen LogP contribution in [-0.2, 0) is 0 Å². The van der Waals surface area contributed by atoms with Crippen LogP contribution in [0.2, 0.25) is 0 Å². The molecule has 0 aliphatic heterocycles. The Morgan fingerprint density at radius 2 is 0.750 bits per heavy atom. The van der Waals surface area contributed by atoms with Crippen LogP contribution in [0.3, 0.4) is 0 Å². The molecule has 6 heteroatoms. The van der Waals surface area contributed by atoms with Crippen LogP contribution in [-0.4, -0.2) is 25.7 Å². The van der Waals surface area contributed by atoms with Gasteiger partial charge >= 0.3 is 7.25 Å². The lowest BCUT2D eigenvalue weighted by atomic mass is 10.2. The van der Waals surface area contributed by atoms with Gasteiger partial charge in [-0.3, -0.25) is 0 Å². The predicted octanol–water partition coefficient (Wildman–Crippen LogP) is 8.51. The van der Waals surface area contributed by atoms with Gasteiger partial charge in [0.1, 0.15) is 0 Å². The van der Waals surface area contributed by atoms with Gasteiger partial charge in [-0.05, 0) is 37.7 Å². The van der Waals surface area contributed by atoms with Crippen molar-refractivity contribution in [3.05, 3.63) is 0 Å². The van der Waals surface area contributed by atoms with Crippen LogP contribution in [0.15, 0.2) is 0 Å². The van der Waals surface area contributed by atoms with E-state index in [9.17, 15) is 17.3 Å². The standard InChI is InChI=1S/C18H39P.BF4/c1-4-7-10-13-16-19(17-14-11-8-5-2)18-15-12-9-6-3;2-1(3,4)5/h4-18H2,1-3H3;/q;-1. The molecule has 0 bridgehead atoms. The molecule has 0 aromatic carbocycles. The Bertz CT molecular complexity index is 203. The number of hydrogen-bond donors (Lipinski definition) is 0. The van der Waals surface area contributed by atoms with Crippen LogP contribution in [0.1, 0.15) is 97.8 Å². The molecule has 0 saturated carbocycles. The maximum atomic E-state index is 9.75. The monoisotopic (exact) mass is 373 g/mol. The van der Waals surface area contributed by atoms with Crippen LogP contribution >= 0.6 is 7.92 Å². The summed E-state index contributed by atoms with van der Waals surface area (Å²) in [6, 6.07) is 0. The van der Waals surface area contributed by atoms with E-state index in [0.717, 1.165) is 0 Å². The minimum Gasteiger partial charge on any atom is -0.418 e. The zero-order valence-corrected chi connectivity index (χ0v) is 17.0. The van der Waals surface area contributed by atoms with E-state index in [1.54, 1.807) is 18.5 Å². The molecule has 0 saturated heterocycles. The number of hydrogen-bond acceptors (Lipinski definition) is 0. The van der Waals surface area contributed by atoms with E-state index in [1.165, 1.54) is 77.0 Å². The average molecular weight is 373 g/mol.